The van der Waals surface area contributed by atoms with Crippen LogP contribution < -0.4 is 0 Å². The summed E-state index contributed by atoms with van der Waals surface area (Å²) >= 11 is 0. The van der Waals surface area contributed by atoms with Gasteiger partial charge in [-0.1, -0.05) is 37.3 Å². The summed E-state index contributed by atoms with van der Waals surface area (Å²) in [6.45, 7) is 6.11. The summed E-state index contributed by atoms with van der Waals surface area (Å²) in [5.74, 6) is 0.0515. The quantitative estimate of drug-likeness (QED) is 0.858. The van der Waals surface area contributed by atoms with Crippen molar-refractivity contribution in [1.82, 2.24) is 14.7 Å². The molecule has 0 unspecified atom stereocenters. The summed E-state index contributed by atoms with van der Waals surface area (Å²) in [6.07, 6.45) is 5.18. The zero-order valence-electron chi connectivity index (χ0n) is 17.4. The Balaban J connectivity index is 1.43. The lowest BCUT2D eigenvalue weighted by Crippen LogP contribution is -2.52. The van der Waals surface area contributed by atoms with Gasteiger partial charge in [-0.3, -0.25) is 9.48 Å². The first kappa shape index (κ1) is 20.1. The van der Waals surface area contributed by atoms with E-state index in [0.717, 1.165) is 37.1 Å². The van der Waals surface area contributed by atoms with Crippen LogP contribution in [0.15, 0.2) is 36.5 Å². The van der Waals surface area contributed by atoms with Gasteiger partial charge in [0, 0.05) is 38.7 Å². The number of benzene rings is 1. The van der Waals surface area contributed by atoms with E-state index in [-0.39, 0.29) is 23.7 Å². The van der Waals surface area contributed by atoms with Gasteiger partial charge in [0.25, 0.3) is 5.91 Å². The van der Waals surface area contributed by atoms with Gasteiger partial charge in [-0.2, -0.15) is 5.10 Å². The lowest BCUT2D eigenvalue weighted by Gasteiger charge is -2.48. The molecule has 156 valence electrons. The first-order chi connectivity index (χ1) is 14.0. The fourth-order valence-corrected chi connectivity index (χ4v) is 4.71. The maximum atomic E-state index is 13.0. The van der Waals surface area contributed by atoms with Crippen molar-refractivity contribution in [2.45, 2.75) is 70.3 Å². The molecule has 4 rings (SSSR count). The molecule has 1 spiro atoms. The molecule has 0 aliphatic carbocycles. The van der Waals surface area contributed by atoms with E-state index in [2.05, 4.69) is 24.2 Å². The molecular weight excluding hydrogens is 366 g/mol. The Morgan fingerprint density at radius 3 is 2.69 bits per heavy atom. The van der Waals surface area contributed by atoms with Crippen LogP contribution in [0.1, 0.15) is 66.7 Å². The molecular formula is C23H31N3O3. The zero-order chi connectivity index (χ0) is 20.4. The SMILES string of the molecule is CCCn1cc(C(=O)N2CCC3(CC2)C[C@H](O)C[C@H](c2ccccc2)O3)c(C)n1. The van der Waals surface area contributed by atoms with E-state index in [1.54, 1.807) is 0 Å². The van der Waals surface area contributed by atoms with Crippen molar-refractivity contribution in [1.29, 1.82) is 0 Å². The van der Waals surface area contributed by atoms with E-state index < -0.39 is 0 Å². The first-order valence-electron chi connectivity index (χ1n) is 10.7. The Hall–Kier alpha value is -2.18. The Labute approximate surface area is 172 Å². The van der Waals surface area contributed by atoms with Crippen LogP contribution in [0, 0.1) is 6.92 Å². The lowest BCUT2D eigenvalue weighted by molar-refractivity contribution is -0.181. The van der Waals surface area contributed by atoms with Crippen LogP contribution >= 0.6 is 0 Å². The largest absolute Gasteiger partial charge is 0.393 e. The van der Waals surface area contributed by atoms with Gasteiger partial charge >= 0.3 is 0 Å². The maximum Gasteiger partial charge on any atom is 0.257 e. The molecule has 6 heteroatoms. The number of carbonyl (C=O) groups excluding carboxylic acids is 1. The molecule has 0 bridgehead atoms. The fourth-order valence-electron chi connectivity index (χ4n) is 4.71. The molecule has 2 atom stereocenters. The van der Waals surface area contributed by atoms with Crippen molar-refractivity contribution >= 4 is 5.91 Å². The highest BCUT2D eigenvalue weighted by atomic mass is 16.5. The van der Waals surface area contributed by atoms with Crippen LogP contribution in [0.3, 0.4) is 0 Å². The molecule has 2 aliphatic rings. The number of aliphatic hydroxyl groups is 1. The van der Waals surface area contributed by atoms with Gasteiger partial charge in [0.05, 0.1) is 29.1 Å². The Kier molecular flexibility index (Phi) is 5.74. The molecule has 2 aromatic rings. The summed E-state index contributed by atoms with van der Waals surface area (Å²) in [4.78, 5) is 15.0. The summed E-state index contributed by atoms with van der Waals surface area (Å²) in [5, 5.41) is 15.0. The summed E-state index contributed by atoms with van der Waals surface area (Å²) in [5.41, 5.74) is 2.25. The number of likely N-dealkylation sites (tertiary alicyclic amines) is 1. The predicted octanol–water partition coefficient (Wildman–Crippen LogP) is 3.49. The van der Waals surface area contributed by atoms with Gasteiger partial charge in [0.1, 0.15) is 0 Å². The van der Waals surface area contributed by atoms with E-state index in [0.29, 0.717) is 31.5 Å². The summed E-state index contributed by atoms with van der Waals surface area (Å²) in [6, 6.07) is 10.1. The standard InChI is InChI=1S/C23H31N3O3/c1-3-11-26-16-20(17(2)24-26)22(28)25-12-9-23(10-13-25)15-19(27)14-21(29-23)18-7-5-4-6-8-18/h4-8,16,19,21,27H,3,9-15H2,1-2H3/t19-,21-/m1/s1. The van der Waals surface area contributed by atoms with Crippen LogP contribution in [-0.4, -0.2) is 50.5 Å². The maximum absolute atomic E-state index is 13.0. The molecule has 2 fully saturated rings. The number of carbonyl (C=O) groups is 1. The number of ether oxygens (including phenoxy) is 1. The molecule has 2 saturated heterocycles. The summed E-state index contributed by atoms with van der Waals surface area (Å²) in [7, 11) is 0. The minimum absolute atomic E-state index is 0.0515. The smallest absolute Gasteiger partial charge is 0.257 e. The van der Waals surface area contributed by atoms with Gasteiger partial charge in [-0.15, -0.1) is 0 Å². The third kappa shape index (κ3) is 4.23. The molecule has 1 N–H and O–H groups in total. The zero-order valence-corrected chi connectivity index (χ0v) is 17.4. The van der Waals surface area contributed by atoms with E-state index in [1.165, 1.54) is 0 Å². The average molecular weight is 398 g/mol. The van der Waals surface area contributed by atoms with Gasteiger partial charge in [0.2, 0.25) is 0 Å². The number of rotatable bonds is 4. The topological polar surface area (TPSA) is 67.6 Å². The van der Waals surface area contributed by atoms with E-state index in [9.17, 15) is 9.90 Å². The second-order valence-corrected chi connectivity index (χ2v) is 8.48. The number of amides is 1. The first-order valence-corrected chi connectivity index (χ1v) is 10.7. The molecule has 0 saturated carbocycles. The minimum Gasteiger partial charge on any atom is -0.393 e. The minimum atomic E-state index is -0.370. The van der Waals surface area contributed by atoms with Crippen molar-refractivity contribution in [3.8, 4) is 0 Å². The molecule has 1 aromatic carbocycles. The molecule has 2 aliphatic heterocycles. The lowest BCUT2D eigenvalue weighted by atomic mass is 9.81. The van der Waals surface area contributed by atoms with Crippen LogP contribution in [0.2, 0.25) is 0 Å². The van der Waals surface area contributed by atoms with E-state index in [1.807, 2.05) is 40.9 Å². The molecule has 29 heavy (non-hydrogen) atoms. The number of hydrogen-bond donors (Lipinski definition) is 1. The number of aromatic nitrogens is 2. The Morgan fingerprint density at radius 2 is 2.00 bits per heavy atom. The van der Waals surface area contributed by atoms with Crippen LogP contribution in [0.5, 0.6) is 0 Å². The average Bonchev–Trinajstić information content (AvgIpc) is 3.08. The van der Waals surface area contributed by atoms with Crippen LogP contribution in [0.25, 0.3) is 0 Å². The van der Waals surface area contributed by atoms with Crippen LogP contribution in [-0.2, 0) is 11.3 Å². The summed E-state index contributed by atoms with van der Waals surface area (Å²) < 4.78 is 8.41. The van der Waals surface area contributed by atoms with E-state index in [4.69, 9.17) is 4.74 Å². The van der Waals surface area contributed by atoms with Gasteiger partial charge < -0.3 is 14.7 Å². The number of nitrogens with zero attached hydrogens (tertiary/aromatic N) is 3. The highest BCUT2D eigenvalue weighted by Gasteiger charge is 2.44. The number of piperidine rings is 1. The molecule has 1 aromatic heterocycles. The second kappa shape index (κ2) is 8.28. The van der Waals surface area contributed by atoms with Crippen molar-refractivity contribution in [3.05, 3.63) is 53.3 Å². The number of hydrogen-bond acceptors (Lipinski definition) is 4. The van der Waals surface area contributed by atoms with Crippen LogP contribution in [0.4, 0.5) is 0 Å². The number of aryl methyl sites for hydroxylation is 2. The molecule has 1 amide bonds. The third-order valence-electron chi connectivity index (χ3n) is 6.25. The molecule has 6 nitrogen and oxygen atoms in total. The van der Waals surface area contributed by atoms with Gasteiger partial charge in [0.15, 0.2) is 0 Å². The fraction of sp³-hybridized carbons (Fsp3) is 0.565. The third-order valence-corrected chi connectivity index (χ3v) is 6.25. The van der Waals surface area contributed by atoms with E-state index >= 15 is 0 Å². The highest BCUT2D eigenvalue weighted by molar-refractivity contribution is 5.95. The Bertz CT molecular complexity index is 840. The van der Waals surface area contributed by atoms with Gasteiger partial charge in [-0.25, -0.2) is 0 Å². The van der Waals surface area contributed by atoms with Crippen molar-refractivity contribution in [2.75, 3.05) is 13.1 Å². The monoisotopic (exact) mass is 397 g/mol. The van der Waals surface area contributed by atoms with Gasteiger partial charge in [-0.05, 0) is 31.7 Å². The van der Waals surface area contributed by atoms with Crippen molar-refractivity contribution < 1.29 is 14.6 Å². The van der Waals surface area contributed by atoms with Crippen molar-refractivity contribution in [3.63, 3.8) is 0 Å². The second-order valence-electron chi connectivity index (χ2n) is 8.48. The molecule has 0 radical (unpaired) electrons. The predicted molar refractivity (Wildman–Crippen MR) is 111 cm³/mol. The Morgan fingerprint density at radius 1 is 1.28 bits per heavy atom. The molecule has 3 heterocycles. The normalized spacial score (nSPS) is 24.0. The number of aliphatic hydroxyl groups excluding tert-OH is 1. The highest BCUT2D eigenvalue weighted by Crippen LogP contribution is 2.43. The van der Waals surface area contributed by atoms with Crippen molar-refractivity contribution in [2.24, 2.45) is 0 Å².